The zero-order valence-electron chi connectivity index (χ0n) is 19.6. The number of nitrogens with zero attached hydrogens (tertiary/aromatic N) is 5. The van der Waals surface area contributed by atoms with Crippen LogP contribution in [0.5, 0.6) is 5.75 Å². The van der Waals surface area contributed by atoms with Crippen molar-refractivity contribution in [1.82, 2.24) is 14.9 Å². The molecule has 1 amide bonds. The quantitative estimate of drug-likeness (QED) is 0.422. The van der Waals surface area contributed by atoms with E-state index in [2.05, 4.69) is 26.3 Å². The van der Waals surface area contributed by atoms with Crippen LogP contribution >= 0.6 is 0 Å². The van der Waals surface area contributed by atoms with Gasteiger partial charge in [-0.05, 0) is 49.1 Å². The van der Waals surface area contributed by atoms with Crippen LogP contribution in [-0.4, -0.2) is 59.6 Å². The average Bonchev–Trinajstić information content (AvgIpc) is 2.88. The standard InChI is InChI=1S/C27H26FN5O2/c1-4-23(34)33-11-10-32(15-18(33)14-29-3)27-25-22(30-16-31-27)13-20(19-8-6-12-35-26(19)25)24-17(2)7-5-9-21(24)28/h4-5,7,9,13,16,18H,1,6,8,10-12,14-15H2,2H3/t18-/m0/s1. The fraction of sp³-hybridized carbons (Fsp3) is 0.333. The van der Waals surface area contributed by atoms with Crippen molar-refractivity contribution in [2.24, 2.45) is 0 Å². The van der Waals surface area contributed by atoms with Crippen molar-refractivity contribution in [3.05, 3.63) is 71.6 Å². The summed E-state index contributed by atoms with van der Waals surface area (Å²) in [5.74, 6) is 0.979. The number of aryl methyl sites for hydroxylation is 1. The Bertz CT molecular complexity index is 1350. The van der Waals surface area contributed by atoms with E-state index in [0.29, 0.717) is 48.9 Å². The topological polar surface area (TPSA) is 62.9 Å². The molecule has 0 saturated carbocycles. The van der Waals surface area contributed by atoms with Gasteiger partial charge in [-0.3, -0.25) is 4.79 Å². The summed E-state index contributed by atoms with van der Waals surface area (Å²) in [4.78, 5) is 28.8. The zero-order valence-corrected chi connectivity index (χ0v) is 19.6. The molecule has 0 unspecified atom stereocenters. The normalized spacial score (nSPS) is 17.5. The van der Waals surface area contributed by atoms with Crippen molar-refractivity contribution in [3.63, 3.8) is 0 Å². The van der Waals surface area contributed by atoms with Gasteiger partial charge >= 0.3 is 0 Å². The number of anilines is 1. The highest BCUT2D eigenvalue weighted by Gasteiger charge is 2.34. The van der Waals surface area contributed by atoms with E-state index in [1.165, 1.54) is 18.5 Å². The van der Waals surface area contributed by atoms with Gasteiger partial charge < -0.3 is 19.4 Å². The monoisotopic (exact) mass is 471 g/mol. The van der Waals surface area contributed by atoms with E-state index in [9.17, 15) is 9.18 Å². The first kappa shape index (κ1) is 22.8. The van der Waals surface area contributed by atoms with Gasteiger partial charge in [-0.2, -0.15) is 0 Å². The summed E-state index contributed by atoms with van der Waals surface area (Å²) >= 11 is 0. The van der Waals surface area contributed by atoms with Gasteiger partial charge in [0.2, 0.25) is 12.5 Å². The van der Waals surface area contributed by atoms with Gasteiger partial charge in [-0.25, -0.2) is 20.9 Å². The smallest absolute Gasteiger partial charge is 0.246 e. The van der Waals surface area contributed by atoms with E-state index < -0.39 is 0 Å². The van der Waals surface area contributed by atoms with Crippen LogP contribution in [0.15, 0.2) is 43.2 Å². The Labute approximate surface area is 203 Å². The molecule has 0 radical (unpaired) electrons. The number of ether oxygens (including phenoxy) is 1. The summed E-state index contributed by atoms with van der Waals surface area (Å²) < 4.78 is 21.2. The fourth-order valence-corrected chi connectivity index (χ4v) is 5.20. The predicted molar refractivity (Wildman–Crippen MR) is 133 cm³/mol. The van der Waals surface area contributed by atoms with Crippen LogP contribution in [0, 0.1) is 19.3 Å². The molecule has 1 atom stereocenters. The van der Waals surface area contributed by atoms with E-state index in [4.69, 9.17) is 11.3 Å². The van der Waals surface area contributed by atoms with Crippen LogP contribution in [0.1, 0.15) is 17.5 Å². The van der Waals surface area contributed by atoms with Gasteiger partial charge in [-0.15, -0.1) is 0 Å². The second-order valence-corrected chi connectivity index (χ2v) is 8.88. The molecule has 2 aliphatic heterocycles. The first-order valence-corrected chi connectivity index (χ1v) is 11.7. The summed E-state index contributed by atoms with van der Waals surface area (Å²) in [5.41, 5.74) is 3.88. The number of piperazine rings is 1. The molecule has 35 heavy (non-hydrogen) atoms. The minimum atomic E-state index is -0.270. The lowest BCUT2D eigenvalue weighted by molar-refractivity contribution is -0.128. The lowest BCUT2D eigenvalue weighted by atomic mass is 9.90. The summed E-state index contributed by atoms with van der Waals surface area (Å²) in [6.07, 6.45) is 4.42. The number of hydrogen-bond acceptors (Lipinski definition) is 5. The van der Waals surface area contributed by atoms with E-state index >= 15 is 0 Å². The minimum Gasteiger partial charge on any atom is -0.492 e. The van der Waals surface area contributed by atoms with Crippen LogP contribution < -0.4 is 9.64 Å². The molecule has 2 aromatic carbocycles. The fourth-order valence-electron chi connectivity index (χ4n) is 5.20. The molecule has 7 nitrogen and oxygen atoms in total. The summed E-state index contributed by atoms with van der Waals surface area (Å²) in [7, 11) is 0. The van der Waals surface area contributed by atoms with Crippen LogP contribution in [0.25, 0.3) is 26.9 Å². The van der Waals surface area contributed by atoms with Gasteiger partial charge in [0, 0.05) is 30.8 Å². The van der Waals surface area contributed by atoms with Crippen LogP contribution in [0.3, 0.4) is 0 Å². The third kappa shape index (κ3) is 3.97. The second-order valence-electron chi connectivity index (χ2n) is 8.88. The van der Waals surface area contributed by atoms with E-state index in [-0.39, 0.29) is 24.3 Å². The molecule has 0 bridgehead atoms. The highest BCUT2D eigenvalue weighted by atomic mass is 19.1. The van der Waals surface area contributed by atoms with Gasteiger partial charge in [-0.1, -0.05) is 18.7 Å². The van der Waals surface area contributed by atoms with Gasteiger partial charge in [0.15, 0.2) is 0 Å². The van der Waals surface area contributed by atoms with Crippen molar-refractivity contribution in [3.8, 4) is 16.9 Å². The molecular formula is C27H26FN5O2. The maximum atomic E-state index is 15.0. The number of carbonyl (C=O) groups excluding carboxylic acids is 1. The van der Waals surface area contributed by atoms with Crippen molar-refractivity contribution >= 4 is 22.6 Å². The Hall–Kier alpha value is -3.99. The molecular weight excluding hydrogens is 445 g/mol. The third-order valence-electron chi connectivity index (χ3n) is 6.81. The number of benzene rings is 2. The lowest BCUT2D eigenvalue weighted by Crippen LogP contribution is -2.56. The Kier molecular flexibility index (Phi) is 6.08. The van der Waals surface area contributed by atoms with Gasteiger partial charge in [0.1, 0.15) is 29.8 Å². The average molecular weight is 472 g/mol. The van der Waals surface area contributed by atoms with E-state index in [1.807, 2.05) is 19.1 Å². The molecule has 3 heterocycles. The van der Waals surface area contributed by atoms with Gasteiger partial charge in [0.25, 0.3) is 0 Å². The minimum absolute atomic E-state index is 0.170. The molecule has 8 heteroatoms. The summed E-state index contributed by atoms with van der Waals surface area (Å²) in [6, 6.07) is 6.78. The number of rotatable bonds is 4. The third-order valence-corrected chi connectivity index (χ3v) is 6.81. The van der Waals surface area contributed by atoms with Crippen molar-refractivity contribution < 1.29 is 13.9 Å². The van der Waals surface area contributed by atoms with E-state index in [0.717, 1.165) is 34.9 Å². The molecule has 1 fully saturated rings. The number of halogens is 1. The predicted octanol–water partition coefficient (Wildman–Crippen LogP) is 4.19. The molecule has 3 aromatic rings. The van der Waals surface area contributed by atoms with Crippen molar-refractivity contribution in [2.45, 2.75) is 25.8 Å². The Balaban J connectivity index is 1.65. The number of hydrogen-bond donors (Lipinski definition) is 0. The van der Waals surface area contributed by atoms with Crippen molar-refractivity contribution in [1.29, 1.82) is 0 Å². The van der Waals surface area contributed by atoms with E-state index in [1.54, 1.807) is 11.0 Å². The second kappa shape index (κ2) is 9.34. The molecule has 0 spiro atoms. The number of carbonyl (C=O) groups is 1. The molecule has 0 aliphatic carbocycles. The zero-order chi connectivity index (χ0) is 24.5. The van der Waals surface area contributed by atoms with Crippen LogP contribution in [0.4, 0.5) is 10.2 Å². The first-order chi connectivity index (χ1) is 17.0. The largest absolute Gasteiger partial charge is 0.492 e. The molecule has 1 saturated heterocycles. The molecule has 2 aliphatic rings. The summed E-state index contributed by atoms with van der Waals surface area (Å²) in [6.45, 7) is 15.1. The van der Waals surface area contributed by atoms with Crippen LogP contribution in [-0.2, 0) is 11.2 Å². The van der Waals surface area contributed by atoms with Gasteiger partial charge in [0.05, 0.1) is 17.5 Å². The number of fused-ring (bicyclic) bond motifs is 3. The van der Waals surface area contributed by atoms with Crippen molar-refractivity contribution in [2.75, 3.05) is 37.7 Å². The number of aromatic nitrogens is 2. The molecule has 1 aromatic heterocycles. The Morgan fingerprint density at radius 2 is 2.23 bits per heavy atom. The molecule has 0 N–H and O–H groups in total. The Morgan fingerprint density at radius 3 is 3.00 bits per heavy atom. The summed E-state index contributed by atoms with van der Waals surface area (Å²) in [5, 5.41) is 0.796. The molecule has 178 valence electrons. The molecule has 5 rings (SSSR count). The van der Waals surface area contributed by atoms with Crippen LogP contribution in [0.2, 0.25) is 0 Å². The number of amides is 1. The SMILES string of the molecule is [C-]#[N+]C[C@H]1CN(c2ncnc3cc(-c4c(C)cccc4F)c4c(c23)OCCC4)CCN1C(=O)C=C. The maximum absolute atomic E-state index is 15.0. The Morgan fingerprint density at radius 1 is 1.37 bits per heavy atom. The highest BCUT2D eigenvalue weighted by Crippen LogP contribution is 2.44. The first-order valence-electron chi connectivity index (χ1n) is 11.7. The maximum Gasteiger partial charge on any atom is 0.246 e. The lowest BCUT2D eigenvalue weighted by Gasteiger charge is -2.39. The highest BCUT2D eigenvalue weighted by molar-refractivity contribution is 6.00.